The van der Waals surface area contributed by atoms with E-state index < -0.39 is 0 Å². The van der Waals surface area contributed by atoms with Gasteiger partial charge in [-0.2, -0.15) is 0 Å². The summed E-state index contributed by atoms with van der Waals surface area (Å²) >= 11 is 3.47. The van der Waals surface area contributed by atoms with Crippen LogP contribution < -0.4 is 9.47 Å². The van der Waals surface area contributed by atoms with E-state index in [1.807, 2.05) is 18.2 Å². The van der Waals surface area contributed by atoms with Gasteiger partial charge in [-0.05, 0) is 53.4 Å². The van der Waals surface area contributed by atoms with Gasteiger partial charge in [0.2, 0.25) is 0 Å². The van der Waals surface area contributed by atoms with E-state index in [0.29, 0.717) is 6.61 Å². The van der Waals surface area contributed by atoms with Crippen molar-refractivity contribution in [3.8, 4) is 11.5 Å². The van der Waals surface area contributed by atoms with Crippen LogP contribution in [0.1, 0.15) is 19.3 Å². The third kappa shape index (κ3) is 3.61. The Labute approximate surface area is 110 Å². The maximum absolute atomic E-state index is 5.75. The second kappa shape index (κ2) is 6.26. The van der Waals surface area contributed by atoms with Crippen LogP contribution in [0.5, 0.6) is 11.5 Å². The summed E-state index contributed by atoms with van der Waals surface area (Å²) in [6.07, 6.45) is 3.73. The van der Waals surface area contributed by atoms with Gasteiger partial charge in [0.1, 0.15) is 18.1 Å². The van der Waals surface area contributed by atoms with Crippen LogP contribution in [0.25, 0.3) is 0 Å². The number of ether oxygens (including phenoxy) is 3. The summed E-state index contributed by atoms with van der Waals surface area (Å²) in [7, 11) is 1.65. The predicted octanol–water partition coefficient (Wildman–Crippen LogP) is 3.41. The van der Waals surface area contributed by atoms with Crippen LogP contribution >= 0.6 is 15.9 Å². The number of methoxy groups -OCH3 is 1. The zero-order chi connectivity index (χ0) is 12.1. The molecular formula is C13H17BrO3. The van der Waals surface area contributed by atoms with E-state index in [0.717, 1.165) is 29.0 Å². The van der Waals surface area contributed by atoms with Crippen molar-refractivity contribution < 1.29 is 14.2 Å². The highest BCUT2D eigenvalue weighted by Crippen LogP contribution is 2.29. The lowest BCUT2D eigenvalue weighted by molar-refractivity contribution is -0.0112. The quantitative estimate of drug-likeness (QED) is 0.853. The minimum atomic E-state index is 0.234. The molecule has 0 bridgehead atoms. The van der Waals surface area contributed by atoms with Crippen molar-refractivity contribution in [2.24, 2.45) is 0 Å². The molecule has 1 aromatic rings. The van der Waals surface area contributed by atoms with Gasteiger partial charge in [0.25, 0.3) is 0 Å². The van der Waals surface area contributed by atoms with Crippen LogP contribution in [-0.2, 0) is 4.74 Å². The average molecular weight is 301 g/mol. The normalized spacial score (nSPS) is 20.0. The Bertz CT molecular complexity index is 362. The highest BCUT2D eigenvalue weighted by atomic mass is 79.9. The van der Waals surface area contributed by atoms with Crippen molar-refractivity contribution >= 4 is 15.9 Å². The second-order valence-electron chi connectivity index (χ2n) is 4.10. The third-order valence-electron chi connectivity index (χ3n) is 2.84. The summed E-state index contributed by atoms with van der Waals surface area (Å²) in [6, 6.07) is 5.70. The maximum Gasteiger partial charge on any atom is 0.133 e. The van der Waals surface area contributed by atoms with Gasteiger partial charge < -0.3 is 14.2 Å². The van der Waals surface area contributed by atoms with Crippen molar-refractivity contribution in [1.82, 2.24) is 0 Å². The Morgan fingerprint density at radius 3 is 2.94 bits per heavy atom. The lowest BCUT2D eigenvalue weighted by atomic mass is 10.1. The number of hydrogen-bond donors (Lipinski definition) is 0. The van der Waals surface area contributed by atoms with Crippen LogP contribution in [-0.4, -0.2) is 26.4 Å². The van der Waals surface area contributed by atoms with Crippen LogP contribution in [0.3, 0.4) is 0 Å². The molecule has 0 aliphatic carbocycles. The molecule has 94 valence electrons. The first-order valence-electron chi connectivity index (χ1n) is 5.87. The maximum atomic E-state index is 5.75. The zero-order valence-corrected chi connectivity index (χ0v) is 11.5. The van der Waals surface area contributed by atoms with Crippen LogP contribution in [0, 0.1) is 0 Å². The minimum Gasteiger partial charge on any atom is -0.497 e. The van der Waals surface area contributed by atoms with E-state index in [1.165, 1.54) is 12.8 Å². The molecule has 1 aliphatic rings. The third-order valence-corrected chi connectivity index (χ3v) is 3.46. The Balaban J connectivity index is 1.89. The van der Waals surface area contributed by atoms with E-state index in [4.69, 9.17) is 14.2 Å². The van der Waals surface area contributed by atoms with Crippen molar-refractivity contribution in [2.45, 2.75) is 25.4 Å². The first-order valence-corrected chi connectivity index (χ1v) is 6.67. The number of benzene rings is 1. The largest absolute Gasteiger partial charge is 0.497 e. The zero-order valence-electron chi connectivity index (χ0n) is 9.95. The smallest absolute Gasteiger partial charge is 0.133 e. The van der Waals surface area contributed by atoms with Gasteiger partial charge in [0, 0.05) is 6.61 Å². The summed E-state index contributed by atoms with van der Waals surface area (Å²) in [5.41, 5.74) is 0. The topological polar surface area (TPSA) is 27.7 Å². The number of hydrogen-bond acceptors (Lipinski definition) is 3. The van der Waals surface area contributed by atoms with Gasteiger partial charge in [-0.1, -0.05) is 0 Å². The number of halogens is 1. The monoisotopic (exact) mass is 300 g/mol. The Morgan fingerprint density at radius 1 is 1.41 bits per heavy atom. The lowest BCUT2D eigenvalue weighted by Crippen LogP contribution is -2.25. The van der Waals surface area contributed by atoms with E-state index >= 15 is 0 Å². The molecule has 1 atom stereocenters. The van der Waals surface area contributed by atoms with Crippen LogP contribution in [0.2, 0.25) is 0 Å². The fraction of sp³-hybridized carbons (Fsp3) is 0.538. The Morgan fingerprint density at radius 2 is 2.29 bits per heavy atom. The van der Waals surface area contributed by atoms with E-state index in [9.17, 15) is 0 Å². The predicted molar refractivity (Wildman–Crippen MR) is 69.8 cm³/mol. The van der Waals surface area contributed by atoms with Crippen LogP contribution in [0.4, 0.5) is 0 Å². The average Bonchev–Trinajstić information content (AvgIpc) is 2.38. The highest BCUT2D eigenvalue weighted by Gasteiger charge is 2.15. The molecule has 1 aromatic carbocycles. The van der Waals surface area contributed by atoms with Gasteiger partial charge in [0.05, 0.1) is 17.7 Å². The first kappa shape index (κ1) is 12.7. The molecule has 0 aromatic heterocycles. The van der Waals surface area contributed by atoms with Gasteiger partial charge in [-0.3, -0.25) is 0 Å². The highest BCUT2D eigenvalue weighted by molar-refractivity contribution is 9.10. The van der Waals surface area contributed by atoms with Crippen molar-refractivity contribution in [2.75, 3.05) is 20.3 Å². The van der Waals surface area contributed by atoms with Crippen molar-refractivity contribution in [1.29, 1.82) is 0 Å². The van der Waals surface area contributed by atoms with Crippen LogP contribution in [0.15, 0.2) is 22.7 Å². The fourth-order valence-electron chi connectivity index (χ4n) is 1.85. The molecule has 2 rings (SSSR count). The lowest BCUT2D eigenvalue weighted by Gasteiger charge is -2.22. The van der Waals surface area contributed by atoms with Crippen molar-refractivity contribution in [3.63, 3.8) is 0 Å². The molecule has 1 fully saturated rings. The second-order valence-corrected chi connectivity index (χ2v) is 4.95. The molecule has 17 heavy (non-hydrogen) atoms. The molecule has 0 radical (unpaired) electrons. The summed E-state index contributed by atoms with van der Waals surface area (Å²) in [5.74, 6) is 1.65. The summed E-state index contributed by atoms with van der Waals surface area (Å²) in [4.78, 5) is 0. The van der Waals surface area contributed by atoms with Gasteiger partial charge in [-0.25, -0.2) is 0 Å². The van der Waals surface area contributed by atoms with E-state index in [2.05, 4.69) is 15.9 Å². The SMILES string of the molecule is COc1ccc(OCC2CCCCO2)c(Br)c1. The van der Waals surface area contributed by atoms with Gasteiger partial charge >= 0.3 is 0 Å². The Hall–Kier alpha value is -0.740. The van der Waals surface area contributed by atoms with Gasteiger partial charge in [-0.15, -0.1) is 0 Å². The molecule has 1 heterocycles. The molecule has 3 nitrogen and oxygen atoms in total. The molecule has 0 saturated carbocycles. The van der Waals surface area contributed by atoms with Crippen molar-refractivity contribution in [3.05, 3.63) is 22.7 Å². The molecule has 4 heteroatoms. The molecular weight excluding hydrogens is 284 g/mol. The minimum absolute atomic E-state index is 0.234. The molecule has 0 N–H and O–H groups in total. The summed E-state index contributed by atoms with van der Waals surface area (Å²) in [5, 5.41) is 0. The molecule has 0 amide bonds. The summed E-state index contributed by atoms with van der Waals surface area (Å²) in [6.45, 7) is 1.47. The van der Waals surface area contributed by atoms with E-state index in [-0.39, 0.29) is 6.10 Å². The molecule has 1 saturated heterocycles. The van der Waals surface area contributed by atoms with E-state index in [1.54, 1.807) is 7.11 Å². The fourth-order valence-corrected chi connectivity index (χ4v) is 2.32. The standard InChI is InChI=1S/C13H17BrO3/c1-15-10-5-6-13(12(14)8-10)17-9-11-4-2-3-7-16-11/h5-6,8,11H,2-4,7,9H2,1H3. The Kier molecular flexibility index (Phi) is 4.68. The first-order chi connectivity index (χ1) is 8.29. The molecule has 1 aliphatic heterocycles. The number of rotatable bonds is 4. The summed E-state index contributed by atoms with van der Waals surface area (Å²) < 4.78 is 17.4. The molecule has 0 spiro atoms. The van der Waals surface area contributed by atoms with Gasteiger partial charge in [0.15, 0.2) is 0 Å². The molecule has 1 unspecified atom stereocenters.